The highest BCUT2D eigenvalue weighted by Gasteiger charge is 2.36. The SMILES string of the molecule is Cc1oc(C)c(C(=O)Nc2cccc3c2C(C)CC3(C)C)c1C. The van der Waals surface area contributed by atoms with Crippen LogP contribution in [0.1, 0.15) is 71.7 Å². The molecule has 1 aliphatic rings. The quantitative estimate of drug-likeness (QED) is 0.824. The molecular weight excluding hydrogens is 286 g/mol. The third-order valence-corrected chi connectivity index (χ3v) is 5.18. The number of aryl methyl sites for hydroxylation is 2. The lowest BCUT2D eigenvalue weighted by Gasteiger charge is -2.19. The fourth-order valence-corrected chi connectivity index (χ4v) is 4.09. The molecule has 1 aromatic heterocycles. The molecule has 1 heterocycles. The zero-order valence-electron chi connectivity index (χ0n) is 14.8. The van der Waals surface area contributed by atoms with Crippen LogP contribution in [0.4, 0.5) is 5.69 Å². The number of fused-ring (bicyclic) bond motifs is 1. The van der Waals surface area contributed by atoms with Gasteiger partial charge in [-0.3, -0.25) is 4.79 Å². The third-order valence-electron chi connectivity index (χ3n) is 5.18. The van der Waals surface area contributed by atoms with E-state index in [1.54, 1.807) is 0 Å². The molecular formula is C20H25NO2. The van der Waals surface area contributed by atoms with Crippen molar-refractivity contribution in [2.45, 2.75) is 59.3 Å². The first-order valence-electron chi connectivity index (χ1n) is 8.23. The molecule has 122 valence electrons. The lowest BCUT2D eigenvalue weighted by molar-refractivity contribution is 0.102. The summed E-state index contributed by atoms with van der Waals surface area (Å²) < 4.78 is 5.59. The maximum absolute atomic E-state index is 12.8. The van der Waals surface area contributed by atoms with Gasteiger partial charge in [-0.2, -0.15) is 0 Å². The minimum Gasteiger partial charge on any atom is -0.466 e. The molecule has 0 bridgehead atoms. The van der Waals surface area contributed by atoms with Gasteiger partial charge in [-0.25, -0.2) is 0 Å². The molecule has 23 heavy (non-hydrogen) atoms. The average Bonchev–Trinajstić information content (AvgIpc) is 2.84. The standard InChI is InChI=1S/C20H25NO2/c1-11-10-20(5,6)15-8-7-9-16(17(11)15)21-19(22)18-12(2)13(3)23-14(18)4/h7-9,11H,10H2,1-6H3,(H,21,22). The van der Waals surface area contributed by atoms with Crippen LogP contribution in [0.5, 0.6) is 0 Å². The van der Waals surface area contributed by atoms with E-state index in [1.165, 1.54) is 11.1 Å². The van der Waals surface area contributed by atoms with Crippen molar-refractivity contribution in [3.8, 4) is 0 Å². The fourth-order valence-electron chi connectivity index (χ4n) is 4.09. The van der Waals surface area contributed by atoms with Crippen LogP contribution in [-0.4, -0.2) is 5.91 Å². The molecule has 1 atom stereocenters. The van der Waals surface area contributed by atoms with Crippen molar-refractivity contribution in [2.75, 3.05) is 5.32 Å². The summed E-state index contributed by atoms with van der Waals surface area (Å²) in [6.45, 7) is 12.5. The van der Waals surface area contributed by atoms with E-state index in [0.717, 1.165) is 23.4 Å². The first kappa shape index (κ1) is 15.9. The van der Waals surface area contributed by atoms with E-state index in [2.05, 4.69) is 32.2 Å². The molecule has 1 N–H and O–H groups in total. The van der Waals surface area contributed by atoms with Crippen molar-refractivity contribution in [3.05, 3.63) is 52.0 Å². The van der Waals surface area contributed by atoms with Gasteiger partial charge in [-0.05, 0) is 55.7 Å². The number of hydrogen-bond acceptors (Lipinski definition) is 2. The molecule has 1 amide bonds. The number of benzene rings is 1. The molecule has 3 rings (SSSR count). The summed E-state index contributed by atoms with van der Waals surface area (Å²) in [5.41, 5.74) is 5.29. The van der Waals surface area contributed by atoms with Gasteiger partial charge < -0.3 is 9.73 Å². The highest BCUT2D eigenvalue weighted by molar-refractivity contribution is 6.06. The average molecular weight is 311 g/mol. The van der Waals surface area contributed by atoms with E-state index < -0.39 is 0 Å². The van der Waals surface area contributed by atoms with Gasteiger partial charge in [0, 0.05) is 11.3 Å². The van der Waals surface area contributed by atoms with E-state index in [4.69, 9.17) is 4.42 Å². The fraction of sp³-hybridized carbons (Fsp3) is 0.450. The summed E-state index contributed by atoms with van der Waals surface area (Å²) in [4.78, 5) is 12.8. The molecule has 2 aromatic rings. The van der Waals surface area contributed by atoms with Crippen molar-refractivity contribution in [2.24, 2.45) is 0 Å². The van der Waals surface area contributed by atoms with E-state index >= 15 is 0 Å². The number of anilines is 1. The zero-order valence-corrected chi connectivity index (χ0v) is 14.8. The minimum absolute atomic E-state index is 0.0813. The third kappa shape index (κ3) is 2.48. The summed E-state index contributed by atoms with van der Waals surface area (Å²) in [5, 5.41) is 3.12. The monoisotopic (exact) mass is 311 g/mol. The Morgan fingerprint density at radius 1 is 1.22 bits per heavy atom. The van der Waals surface area contributed by atoms with Crippen LogP contribution in [0.2, 0.25) is 0 Å². The molecule has 0 aliphatic heterocycles. The maximum atomic E-state index is 12.8. The van der Waals surface area contributed by atoms with Crippen LogP contribution in [0.25, 0.3) is 0 Å². The smallest absolute Gasteiger partial charge is 0.259 e. The Morgan fingerprint density at radius 3 is 2.52 bits per heavy atom. The van der Waals surface area contributed by atoms with Crippen LogP contribution in [-0.2, 0) is 5.41 Å². The van der Waals surface area contributed by atoms with Crippen molar-refractivity contribution in [3.63, 3.8) is 0 Å². The van der Waals surface area contributed by atoms with E-state index in [1.807, 2.05) is 32.9 Å². The van der Waals surface area contributed by atoms with Crippen molar-refractivity contribution < 1.29 is 9.21 Å². The number of furan rings is 1. The normalized spacial score (nSPS) is 18.8. The Labute approximate surface area is 138 Å². The molecule has 3 heteroatoms. The first-order chi connectivity index (χ1) is 10.7. The van der Waals surface area contributed by atoms with Crippen molar-refractivity contribution >= 4 is 11.6 Å². The van der Waals surface area contributed by atoms with Crippen LogP contribution in [0.15, 0.2) is 22.6 Å². The van der Waals surface area contributed by atoms with Gasteiger partial charge in [0.1, 0.15) is 11.5 Å². The topological polar surface area (TPSA) is 42.2 Å². The van der Waals surface area contributed by atoms with Crippen LogP contribution < -0.4 is 5.32 Å². The Kier molecular flexibility index (Phi) is 3.62. The van der Waals surface area contributed by atoms with Gasteiger partial charge in [0.05, 0.1) is 5.56 Å². The summed E-state index contributed by atoms with van der Waals surface area (Å²) in [6.07, 6.45) is 1.11. The zero-order chi connectivity index (χ0) is 16.9. The van der Waals surface area contributed by atoms with Crippen LogP contribution in [0, 0.1) is 20.8 Å². The Balaban J connectivity index is 1.99. The second-order valence-electron chi connectivity index (χ2n) is 7.42. The highest BCUT2D eigenvalue weighted by Crippen LogP contribution is 2.48. The molecule has 1 aromatic carbocycles. The van der Waals surface area contributed by atoms with E-state index in [0.29, 0.717) is 17.2 Å². The maximum Gasteiger partial charge on any atom is 0.259 e. The van der Waals surface area contributed by atoms with Crippen molar-refractivity contribution in [1.82, 2.24) is 0 Å². The van der Waals surface area contributed by atoms with Gasteiger partial charge >= 0.3 is 0 Å². The molecule has 0 saturated heterocycles. The lowest BCUT2D eigenvalue weighted by Crippen LogP contribution is -2.16. The van der Waals surface area contributed by atoms with Crippen LogP contribution >= 0.6 is 0 Å². The van der Waals surface area contributed by atoms with E-state index in [-0.39, 0.29) is 11.3 Å². The molecule has 3 nitrogen and oxygen atoms in total. The number of carbonyl (C=O) groups excluding carboxylic acids is 1. The molecule has 0 fully saturated rings. The van der Waals surface area contributed by atoms with Crippen molar-refractivity contribution in [1.29, 1.82) is 0 Å². The highest BCUT2D eigenvalue weighted by atomic mass is 16.3. The first-order valence-corrected chi connectivity index (χ1v) is 8.23. The molecule has 1 unspecified atom stereocenters. The van der Waals surface area contributed by atoms with Gasteiger partial charge in [-0.15, -0.1) is 0 Å². The summed E-state index contributed by atoms with van der Waals surface area (Å²) >= 11 is 0. The predicted molar refractivity (Wildman–Crippen MR) is 93.4 cm³/mol. The predicted octanol–water partition coefficient (Wildman–Crippen LogP) is 5.24. The number of rotatable bonds is 2. The largest absolute Gasteiger partial charge is 0.466 e. The second kappa shape index (κ2) is 5.26. The molecule has 1 aliphatic carbocycles. The van der Waals surface area contributed by atoms with Gasteiger partial charge in [-0.1, -0.05) is 32.9 Å². The minimum atomic E-state index is -0.0813. The summed E-state index contributed by atoms with van der Waals surface area (Å²) in [6, 6.07) is 6.23. The Bertz CT molecular complexity index is 783. The molecule has 0 saturated carbocycles. The number of carbonyl (C=O) groups is 1. The van der Waals surface area contributed by atoms with Gasteiger partial charge in [0.15, 0.2) is 0 Å². The van der Waals surface area contributed by atoms with Crippen LogP contribution in [0.3, 0.4) is 0 Å². The Hall–Kier alpha value is -2.03. The van der Waals surface area contributed by atoms with Gasteiger partial charge in [0.2, 0.25) is 0 Å². The summed E-state index contributed by atoms with van der Waals surface area (Å²) in [7, 11) is 0. The Morgan fingerprint density at radius 2 is 1.91 bits per heavy atom. The number of nitrogens with one attached hydrogen (secondary N) is 1. The number of amides is 1. The summed E-state index contributed by atoms with van der Waals surface area (Å²) in [5.74, 6) is 1.85. The molecule has 0 radical (unpaired) electrons. The molecule has 0 spiro atoms. The lowest BCUT2D eigenvalue weighted by atomic mass is 9.86. The van der Waals surface area contributed by atoms with Gasteiger partial charge in [0.25, 0.3) is 5.91 Å². The van der Waals surface area contributed by atoms with E-state index in [9.17, 15) is 4.79 Å². The number of hydrogen-bond donors (Lipinski definition) is 1. The second-order valence-corrected chi connectivity index (χ2v) is 7.42.